The van der Waals surface area contributed by atoms with E-state index in [4.69, 9.17) is 10.5 Å². The van der Waals surface area contributed by atoms with Crippen LogP contribution >= 0.6 is 0 Å². The number of carbonyl (C=O) groups is 1. The second kappa shape index (κ2) is 6.06. The number of aromatic nitrogens is 2. The molecule has 5 atom stereocenters. The number of nitrogens with zero attached hydrogens (tertiary/aromatic N) is 3. The molecule has 2 aliphatic rings. The third-order valence-corrected chi connectivity index (χ3v) is 5.38. The molecule has 2 fully saturated rings. The molecule has 1 saturated heterocycles. The Morgan fingerprint density at radius 1 is 1.42 bits per heavy atom. The van der Waals surface area contributed by atoms with Gasteiger partial charge in [0.1, 0.15) is 17.7 Å². The number of nitrogens with two attached hydrogens (primary N) is 1. The summed E-state index contributed by atoms with van der Waals surface area (Å²) >= 11 is 0. The van der Waals surface area contributed by atoms with Crippen LogP contribution in [-0.4, -0.2) is 27.9 Å². The van der Waals surface area contributed by atoms with Crippen LogP contribution in [0.4, 0.5) is 13.2 Å². The number of ketones is 1. The molecule has 26 heavy (non-hydrogen) atoms. The highest BCUT2D eigenvalue weighted by atomic mass is 19.4. The molecular weight excluding hydrogens is 349 g/mol. The fourth-order valence-corrected chi connectivity index (χ4v) is 4.41. The van der Waals surface area contributed by atoms with Crippen molar-refractivity contribution in [1.82, 2.24) is 9.78 Å². The molecule has 0 bridgehead atoms. The summed E-state index contributed by atoms with van der Waals surface area (Å²) in [5.41, 5.74) is 4.52. The predicted octanol–water partition coefficient (Wildman–Crippen LogP) is 2.35. The summed E-state index contributed by atoms with van der Waals surface area (Å²) in [4.78, 5) is 12.8. The molecule has 142 valence electrons. The first-order valence-corrected chi connectivity index (χ1v) is 8.39. The summed E-state index contributed by atoms with van der Waals surface area (Å²) < 4.78 is 47.2. The van der Waals surface area contributed by atoms with Crippen LogP contribution in [0.25, 0.3) is 0 Å². The van der Waals surface area contributed by atoms with E-state index in [-0.39, 0.29) is 23.2 Å². The number of rotatable bonds is 1. The van der Waals surface area contributed by atoms with Crippen LogP contribution in [0.5, 0.6) is 0 Å². The number of halogens is 3. The molecule has 0 spiro atoms. The fourth-order valence-electron chi connectivity index (χ4n) is 4.41. The van der Waals surface area contributed by atoms with Gasteiger partial charge in [-0.2, -0.15) is 23.5 Å². The van der Waals surface area contributed by atoms with Crippen molar-refractivity contribution >= 4 is 5.78 Å². The van der Waals surface area contributed by atoms with Gasteiger partial charge in [0, 0.05) is 24.9 Å². The first-order valence-electron chi connectivity index (χ1n) is 8.39. The van der Waals surface area contributed by atoms with Gasteiger partial charge >= 0.3 is 6.18 Å². The zero-order valence-corrected chi connectivity index (χ0v) is 14.7. The number of fused-ring (bicyclic) bond motifs is 1. The third-order valence-electron chi connectivity index (χ3n) is 5.38. The zero-order chi connectivity index (χ0) is 19.4. The average molecular weight is 370 g/mol. The monoisotopic (exact) mass is 370 g/mol. The number of ether oxygens (including phenoxy) is 1. The second-order valence-electron chi connectivity index (χ2n) is 7.93. The Labute approximate surface area is 149 Å². The van der Waals surface area contributed by atoms with Crippen molar-refractivity contribution in [3.8, 4) is 6.07 Å². The molecule has 3 rings (SSSR count). The van der Waals surface area contributed by atoms with Crippen LogP contribution in [0.1, 0.15) is 43.9 Å². The molecule has 2 heterocycles. The normalized spacial score (nSPS) is 34.2. The number of aryl methyl sites for hydroxylation is 1. The number of carbonyl (C=O) groups excluding carboxylic acids is 1. The molecule has 0 unspecified atom stereocenters. The van der Waals surface area contributed by atoms with Gasteiger partial charge in [0.05, 0.1) is 30.2 Å². The highest BCUT2D eigenvalue weighted by Gasteiger charge is 2.55. The molecule has 1 aliphatic heterocycles. The number of nitriles is 1. The third kappa shape index (κ3) is 3.01. The Bertz CT molecular complexity index is 765. The van der Waals surface area contributed by atoms with Crippen molar-refractivity contribution in [3.05, 3.63) is 17.5 Å². The molecule has 9 heteroatoms. The van der Waals surface area contributed by atoms with E-state index < -0.39 is 42.0 Å². The van der Waals surface area contributed by atoms with Gasteiger partial charge in [0.25, 0.3) is 0 Å². The molecule has 1 saturated carbocycles. The number of hydrogen-bond acceptors (Lipinski definition) is 5. The number of alkyl halides is 3. The Morgan fingerprint density at radius 2 is 2.08 bits per heavy atom. The van der Waals surface area contributed by atoms with Crippen molar-refractivity contribution in [1.29, 1.82) is 5.26 Å². The summed E-state index contributed by atoms with van der Waals surface area (Å²) in [6.07, 6.45) is -4.52. The van der Waals surface area contributed by atoms with E-state index in [2.05, 4.69) is 5.10 Å². The van der Waals surface area contributed by atoms with Gasteiger partial charge in [-0.3, -0.25) is 9.48 Å². The van der Waals surface area contributed by atoms with E-state index in [0.717, 1.165) is 10.9 Å². The van der Waals surface area contributed by atoms with Crippen LogP contribution in [0.3, 0.4) is 0 Å². The summed E-state index contributed by atoms with van der Waals surface area (Å²) in [6, 6.07) is 1.96. The maximum absolute atomic E-state index is 13.6. The van der Waals surface area contributed by atoms with Crippen molar-refractivity contribution in [2.45, 2.75) is 51.1 Å². The smallest absolute Gasteiger partial charge is 0.358 e. The van der Waals surface area contributed by atoms with E-state index in [1.165, 1.54) is 7.05 Å². The van der Waals surface area contributed by atoms with Gasteiger partial charge in [-0.1, -0.05) is 13.8 Å². The van der Waals surface area contributed by atoms with Crippen LogP contribution in [0, 0.1) is 28.6 Å². The minimum absolute atomic E-state index is 0.159. The van der Waals surface area contributed by atoms with Crippen LogP contribution in [0.15, 0.2) is 6.20 Å². The van der Waals surface area contributed by atoms with Crippen LogP contribution in [-0.2, 0) is 22.8 Å². The lowest BCUT2D eigenvalue weighted by molar-refractivity contribution is -0.166. The predicted molar refractivity (Wildman–Crippen MR) is 84.4 cm³/mol. The molecule has 6 nitrogen and oxygen atoms in total. The zero-order valence-electron chi connectivity index (χ0n) is 14.7. The van der Waals surface area contributed by atoms with E-state index in [1.54, 1.807) is 0 Å². The average Bonchev–Trinajstić information content (AvgIpc) is 2.85. The van der Waals surface area contributed by atoms with Crippen LogP contribution < -0.4 is 5.73 Å². The molecule has 1 aromatic rings. The van der Waals surface area contributed by atoms with Gasteiger partial charge in [-0.15, -0.1) is 0 Å². The van der Waals surface area contributed by atoms with Crippen LogP contribution in [0.2, 0.25) is 0 Å². The molecule has 1 aliphatic carbocycles. The lowest BCUT2D eigenvalue weighted by Gasteiger charge is -2.49. The summed E-state index contributed by atoms with van der Waals surface area (Å²) in [5, 5.41) is 13.3. The second-order valence-corrected chi connectivity index (χ2v) is 7.93. The highest BCUT2D eigenvalue weighted by Crippen LogP contribution is 2.51. The lowest BCUT2D eigenvalue weighted by Crippen LogP contribution is -2.56. The maximum atomic E-state index is 13.6. The van der Waals surface area contributed by atoms with Crippen molar-refractivity contribution in [3.63, 3.8) is 0 Å². The molecule has 1 aromatic heterocycles. The SMILES string of the molecule is Cn1ncc([C@@H]2[C@H](C#N)[C@H](N)O[C@H]3CC(C)(C)CC(=O)[C@@H]23)c1C(F)(F)F. The highest BCUT2D eigenvalue weighted by molar-refractivity contribution is 5.84. The van der Waals surface area contributed by atoms with E-state index in [1.807, 2.05) is 19.9 Å². The minimum Gasteiger partial charge on any atom is -0.358 e. The minimum atomic E-state index is -4.66. The molecule has 0 amide bonds. The lowest BCUT2D eigenvalue weighted by atomic mass is 9.61. The molecule has 2 N–H and O–H groups in total. The Kier molecular flexibility index (Phi) is 4.40. The van der Waals surface area contributed by atoms with E-state index in [9.17, 15) is 23.2 Å². The molecule has 0 aromatic carbocycles. The first kappa shape index (κ1) is 18.9. The summed E-state index contributed by atoms with van der Waals surface area (Å²) in [5.74, 6) is -3.09. The largest absolute Gasteiger partial charge is 0.433 e. The fraction of sp³-hybridized carbons (Fsp3) is 0.706. The Morgan fingerprint density at radius 3 is 2.65 bits per heavy atom. The van der Waals surface area contributed by atoms with E-state index >= 15 is 0 Å². The van der Waals surface area contributed by atoms with Gasteiger partial charge in [0.2, 0.25) is 0 Å². The van der Waals surface area contributed by atoms with Gasteiger partial charge in [-0.25, -0.2) is 0 Å². The Hall–Kier alpha value is -1.92. The van der Waals surface area contributed by atoms with Crippen molar-refractivity contribution in [2.75, 3.05) is 0 Å². The summed E-state index contributed by atoms with van der Waals surface area (Å²) in [6.45, 7) is 3.82. The van der Waals surface area contributed by atoms with Crippen molar-refractivity contribution < 1.29 is 22.7 Å². The molecular formula is C17H21F3N4O2. The van der Waals surface area contributed by atoms with Gasteiger partial charge in [-0.05, 0) is 11.8 Å². The number of hydrogen-bond donors (Lipinski definition) is 1. The first-order chi connectivity index (χ1) is 12.0. The summed E-state index contributed by atoms with van der Waals surface area (Å²) in [7, 11) is 1.19. The van der Waals surface area contributed by atoms with Gasteiger partial charge < -0.3 is 10.5 Å². The quantitative estimate of drug-likeness (QED) is 0.819. The van der Waals surface area contributed by atoms with Crippen molar-refractivity contribution in [2.24, 2.45) is 30.0 Å². The maximum Gasteiger partial charge on any atom is 0.433 e. The van der Waals surface area contributed by atoms with Gasteiger partial charge in [0.15, 0.2) is 0 Å². The Balaban J connectivity index is 2.14. The standard InChI is InChI=1S/C17H21F3N4O2/c1-16(2)4-10(25)13-11(5-16)26-15(22)8(6-21)12(13)9-7-23-24(3)14(9)17(18,19)20/h7-8,11-13,15H,4-5,22H2,1-3H3/t8-,11-,12-,13+,15+/m0/s1. The van der Waals surface area contributed by atoms with E-state index in [0.29, 0.717) is 6.42 Å². The number of Topliss-reactive ketones (excluding diaryl/α,β-unsaturated/α-hetero) is 1. The topological polar surface area (TPSA) is 93.9 Å². The molecule has 0 radical (unpaired) electrons.